The van der Waals surface area contributed by atoms with Crippen molar-refractivity contribution in [3.05, 3.63) is 23.8 Å². The van der Waals surface area contributed by atoms with Gasteiger partial charge in [-0.15, -0.1) is 0 Å². The summed E-state index contributed by atoms with van der Waals surface area (Å²) < 4.78 is 5.63. The molecule has 2 rings (SSSR count). The Morgan fingerprint density at radius 1 is 1.44 bits per heavy atom. The zero-order valence-electron chi connectivity index (χ0n) is 9.56. The highest BCUT2D eigenvalue weighted by Crippen LogP contribution is 2.30. The van der Waals surface area contributed by atoms with Gasteiger partial charge in [-0.1, -0.05) is 0 Å². The first kappa shape index (κ1) is 10.8. The summed E-state index contributed by atoms with van der Waals surface area (Å²) in [5, 5.41) is 0. The second-order valence-electron chi connectivity index (χ2n) is 4.26. The summed E-state index contributed by atoms with van der Waals surface area (Å²) in [5.41, 5.74) is 6.74. The van der Waals surface area contributed by atoms with Crippen LogP contribution in [0.2, 0.25) is 0 Å². The molecule has 0 radical (unpaired) electrons. The van der Waals surface area contributed by atoms with Gasteiger partial charge in [-0.2, -0.15) is 0 Å². The SMILES string of the molecule is CN(C)c1ccc(OC2CC2)c(C(N)=O)c1. The Morgan fingerprint density at radius 3 is 2.62 bits per heavy atom. The van der Waals surface area contributed by atoms with Crippen molar-refractivity contribution in [2.45, 2.75) is 18.9 Å². The Labute approximate surface area is 95.0 Å². The number of nitrogens with zero attached hydrogens (tertiary/aromatic N) is 1. The molecule has 1 aromatic rings. The molecule has 86 valence electrons. The van der Waals surface area contributed by atoms with Gasteiger partial charge in [-0.25, -0.2) is 0 Å². The van der Waals surface area contributed by atoms with E-state index in [2.05, 4.69) is 0 Å². The molecule has 0 atom stereocenters. The third kappa shape index (κ3) is 2.27. The van der Waals surface area contributed by atoms with E-state index in [1.165, 1.54) is 0 Å². The molecule has 1 aliphatic rings. The molecule has 1 aromatic carbocycles. The molecule has 4 heteroatoms. The normalized spacial score (nSPS) is 14.6. The van der Waals surface area contributed by atoms with Crippen LogP contribution in [0, 0.1) is 0 Å². The quantitative estimate of drug-likeness (QED) is 0.834. The maximum atomic E-state index is 11.3. The lowest BCUT2D eigenvalue weighted by Gasteiger charge is -2.15. The number of hydrogen-bond acceptors (Lipinski definition) is 3. The first-order valence-corrected chi connectivity index (χ1v) is 5.36. The minimum Gasteiger partial charge on any atom is -0.490 e. The summed E-state index contributed by atoms with van der Waals surface area (Å²) in [6, 6.07) is 5.50. The van der Waals surface area contributed by atoms with Gasteiger partial charge in [0.2, 0.25) is 0 Å². The fourth-order valence-corrected chi connectivity index (χ4v) is 1.46. The molecule has 1 saturated carbocycles. The first-order chi connectivity index (χ1) is 7.58. The highest BCUT2D eigenvalue weighted by molar-refractivity contribution is 5.96. The number of primary amides is 1. The van der Waals surface area contributed by atoms with Crippen molar-refractivity contribution in [2.75, 3.05) is 19.0 Å². The van der Waals surface area contributed by atoms with Crippen LogP contribution >= 0.6 is 0 Å². The van der Waals surface area contributed by atoms with Crippen molar-refractivity contribution in [1.82, 2.24) is 0 Å². The second-order valence-corrected chi connectivity index (χ2v) is 4.26. The van der Waals surface area contributed by atoms with E-state index >= 15 is 0 Å². The van der Waals surface area contributed by atoms with Crippen LogP contribution in [0.1, 0.15) is 23.2 Å². The molecule has 0 heterocycles. The number of hydrogen-bond donors (Lipinski definition) is 1. The molecule has 1 fully saturated rings. The Balaban J connectivity index is 2.32. The summed E-state index contributed by atoms with van der Waals surface area (Å²) in [6.45, 7) is 0. The van der Waals surface area contributed by atoms with Crippen molar-refractivity contribution in [3.63, 3.8) is 0 Å². The third-order valence-electron chi connectivity index (χ3n) is 2.56. The van der Waals surface area contributed by atoms with Crippen molar-refractivity contribution >= 4 is 11.6 Å². The highest BCUT2D eigenvalue weighted by atomic mass is 16.5. The van der Waals surface area contributed by atoms with Gasteiger partial charge in [0, 0.05) is 19.8 Å². The fourth-order valence-electron chi connectivity index (χ4n) is 1.46. The average Bonchev–Trinajstić information content (AvgIpc) is 3.01. The number of nitrogens with two attached hydrogens (primary N) is 1. The Morgan fingerprint density at radius 2 is 2.12 bits per heavy atom. The number of carbonyl (C=O) groups is 1. The predicted octanol–water partition coefficient (Wildman–Crippen LogP) is 1.39. The second kappa shape index (κ2) is 4.04. The van der Waals surface area contributed by atoms with Gasteiger partial charge in [-0.05, 0) is 31.0 Å². The summed E-state index contributed by atoms with van der Waals surface area (Å²) in [6.07, 6.45) is 2.39. The molecule has 0 saturated heterocycles. The zero-order chi connectivity index (χ0) is 11.7. The fraction of sp³-hybridized carbons (Fsp3) is 0.417. The van der Waals surface area contributed by atoms with E-state index in [-0.39, 0.29) is 6.10 Å². The molecule has 1 aliphatic carbocycles. The van der Waals surface area contributed by atoms with Gasteiger partial charge in [0.15, 0.2) is 0 Å². The van der Waals surface area contributed by atoms with Gasteiger partial charge in [0.25, 0.3) is 5.91 Å². The van der Waals surface area contributed by atoms with Gasteiger partial charge in [0.1, 0.15) is 5.75 Å². The number of anilines is 1. The van der Waals surface area contributed by atoms with E-state index in [9.17, 15) is 4.79 Å². The predicted molar refractivity (Wildman–Crippen MR) is 62.9 cm³/mol. The molecule has 16 heavy (non-hydrogen) atoms. The van der Waals surface area contributed by atoms with Crippen molar-refractivity contribution < 1.29 is 9.53 Å². The summed E-state index contributed by atoms with van der Waals surface area (Å²) >= 11 is 0. The molecule has 4 nitrogen and oxygen atoms in total. The van der Waals surface area contributed by atoms with Gasteiger partial charge < -0.3 is 15.4 Å². The van der Waals surface area contributed by atoms with E-state index in [0.717, 1.165) is 18.5 Å². The molecule has 0 unspecified atom stereocenters. The van der Waals surface area contributed by atoms with Gasteiger partial charge in [-0.3, -0.25) is 4.79 Å². The molecule has 1 amide bonds. The van der Waals surface area contributed by atoms with Crippen LogP contribution in [-0.2, 0) is 0 Å². The molecule has 2 N–H and O–H groups in total. The summed E-state index contributed by atoms with van der Waals surface area (Å²) in [5.74, 6) is 0.153. The number of rotatable bonds is 4. The van der Waals surface area contributed by atoms with Crippen LogP contribution in [0.5, 0.6) is 5.75 Å². The summed E-state index contributed by atoms with van der Waals surface area (Å²) in [7, 11) is 3.84. The molecular weight excluding hydrogens is 204 g/mol. The monoisotopic (exact) mass is 220 g/mol. The van der Waals surface area contributed by atoms with Gasteiger partial charge >= 0.3 is 0 Å². The lowest BCUT2D eigenvalue weighted by Crippen LogP contribution is -2.16. The van der Waals surface area contributed by atoms with Crippen molar-refractivity contribution in [3.8, 4) is 5.75 Å². The van der Waals surface area contributed by atoms with Crippen LogP contribution in [0.25, 0.3) is 0 Å². The number of amides is 1. The van der Waals surface area contributed by atoms with E-state index < -0.39 is 5.91 Å². The molecular formula is C12H16N2O2. The zero-order valence-corrected chi connectivity index (χ0v) is 9.56. The van der Waals surface area contributed by atoms with Crippen LogP contribution in [0.15, 0.2) is 18.2 Å². The molecule has 0 spiro atoms. The van der Waals surface area contributed by atoms with E-state index in [0.29, 0.717) is 11.3 Å². The topological polar surface area (TPSA) is 55.6 Å². The van der Waals surface area contributed by atoms with Gasteiger partial charge in [0.05, 0.1) is 11.7 Å². The maximum Gasteiger partial charge on any atom is 0.252 e. The Kier molecular flexibility index (Phi) is 2.73. The smallest absolute Gasteiger partial charge is 0.252 e. The van der Waals surface area contributed by atoms with Crippen LogP contribution in [0.3, 0.4) is 0 Å². The Bertz CT molecular complexity index is 411. The number of carbonyl (C=O) groups excluding carboxylic acids is 1. The summed E-state index contributed by atoms with van der Waals surface area (Å²) in [4.78, 5) is 13.2. The lowest BCUT2D eigenvalue weighted by atomic mass is 10.1. The number of benzene rings is 1. The van der Waals surface area contributed by atoms with E-state index in [4.69, 9.17) is 10.5 Å². The molecule has 0 aliphatic heterocycles. The molecule has 0 aromatic heterocycles. The lowest BCUT2D eigenvalue weighted by molar-refractivity contribution is 0.0996. The molecule has 0 bridgehead atoms. The first-order valence-electron chi connectivity index (χ1n) is 5.36. The van der Waals surface area contributed by atoms with Crippen LogP contribution in [0.4, 0.5) is 5.69 Å². The number of ether oxygens (including phenoxy) is 1. The maximum absolute atomic E-state index is 11.3. The van der Waals surface area contributed by atoms with E-state index in [1.54, 1.807) is 6.07 Å². The van der Waals surface area contributed by atoms with Crippen LogP contribution in [-0.4, -0.2) is 26.1 Å². The average molecular weight is 220 g/mol. The third-order valence-corrected chi connectivity index (χ3v) is 2.56. The largest absolute Gasteiger partial charge is 0.490 e. The standard InChI is InChI=1S/C12H16N2O2/c1-14(2)8-3-6-11(16-9-4-5-9)10(7-8)12(13)15/h3,6-7,9H,4-5H2,1-2H3,(H2,13,15). The van der Waals surface area contributed by atoms with Crippen molar-refractivity contribution in [2.24, 2.45) is 5.73 Å². The highest BCUT2D eigenvalue weighted by Gasteiger charge is 2.25. The van der Waals surface area contributed by atoms with E-state index in [1.807, 2.05) is 31.1 Å². The minimum absolute atomic E-state index is 0.267. The van der Waals surface area contributed by atoms with Crippen molar-refractivity contribution in [1.29, 1.82) is 0 Å². The minimum atomic E-state index is -0.445. The Hall–Kier alpha value is -1.71. The van der Waals surface area contributed by atoms with Crippen LogP contribution < -0.4 is 15.4 Å².